The van der Waals surface area contributed by atoms with Gasteiger partial charge >= 0.3 is 12.0 Å². The number of carboxylic acid groups (broad SMARTS) is 1. The zero-order chi connectivity index (χ0) is 16.1. The Hall–Kier alpha value is -1.30. The van der Waals surface area contributed by atoms with Gasteiger partial charge in [0.2, 0.25) is 0 Å². The van der Waals surface area contributed by atoms with Crippen LogP contribution in [-0.4, -0.2) is 42.9 Å². The fraction of sp³-hybridized carbons (Fsp3) is 0.867. The van der Waals surface area contributed by atoms with Crippen molar-refractivity contribution in [2.75, 3.05) is 20.2 Å². The molecule has 0 heterocycles. The Bertz CT molecular complexity index is 367. The Labute approximate surface area is 126 Å². The topological polar surface area (TPSA) is 87.7 Å². The third-order valence-electron chi connectivity index (χ3n) is 3.99. The number of methoxy groups -OCH3 is 1. The second-order valence-electron chi connectivity index (χ2n) is 7.10. The highest BCUT2D eigenvalue weighted by atomic mass is 16.5. The molecule has 2 amide bonds. The van der Waals surface area contributed by atoms with Gasteiger partial charge in [0.15, 0.2) is 0 Å². The smallest absolute Gasteiger partial charge is 0.314 e. The number of nitrogens with one attached hydrogen (secondary N) is 2. The summed E-state index contributed by atoms with van der Waals surface area (Å²) >= 11 is 0. The Balaban J connectivity index is 2.34. The molecule has 0 aromatic heterocycles. The highest BCUT2D eigenvalue weighted by Gasteiger charge is 2.37. The first-order valence-electron chi connectivity index (χ1n) is 7.47. The van der Waals surface area contributed by atoms with Crippen molar-refractivity contribution in [3.8, 4) is 0 Å². The SMILES string of the molecule is COC1(CNC(=O)NCC(CC(C)(C)C)C(=O)O)CCC1. The summed E-state index contributed by atoms with van der Waals surface area (Å²) in [6, 6.07) is -0.335. The number of rotatable bonds is 7. The van der Waals surface area contributed by atoms with Gasteiger partial charge in [0.05, 0.1) is 11.5 Å². The van der Waals surface area contributed by atoms with Gasteiger partial charge < -0.3 is 20.5 Å². The van der Waals surface area contributed by atoms with Crippen molar-refractivity contribution in [1.82, 2.24) is 10.6 Å². The molecule has 0 saturated heterocycles. The lowest BCUT2D eigenvalue weighted by atomic mass is 9.80. The van der Waals surface area contributed by atoms with Gasteiger partial charge in [-0.1, -0.05) is 20.8 Å². The van der Waals surface area contributed by atoms with Crippen LogP contribution in [0.25, 0.3) is 0 Å². The lowest BCUT2D eigenvalue weighted by Gasteiger charge is -2.40. The number of urea groups is 1. The maximum atomic E-state index is 11.8. The van der Waals surface area contributed by atoms with Crippen LogP contribution in [-0.2, 0) is 9.53 Å². The minimum atomic E-state index is -0.877. The summed E-state index contributed by atoms with van der Waals surface area (Å²) in [4.78, 5) is 23.0. The molecule has 0 radical (unpaired) electrons. The normalized spacial score (nSPS) is 18.5. The largest absolute Gasteiger partial charge is 0.481 e. The molecule has 1 aliphatic rings. The third-order valence-corrected chi connectivity index (χ3v) is 3.99. The van der Waals surface area contributed by atoms with Crippen molar-refractivity contribution in [1.29, 1.82) is 0 Å². The van der Waals surface area contributed by atoms with Gasteiger partial charge in [0, 0.05) is 20.2 Å². The lowest BCUT2D eigenvalue weighted by molar-refractivity contribution is -0.142. The van der Waals surface area contributed by atoms with E-state index >= 15 is 0 Å². The zero-order valence-electron chi connectivity index (χ0n) is 13.5. The predicted molar refractivity (Wildman–Crippen MR) is 80.2 cm³/mol. The van der Waals surface area contributed by atoms with E-state index < -0.39 is 11.9 Å². The number of hydrogen-bond acceptors (Lipinski definition) is 3. The van der Waals surface area contributed by atoms with Crippen LogP contribution in [0.1, 0.15) is 46.5 Å². The van der Waals surface area contributed by atoms with Gasteiger partial charge in [-0.2, -0.15) is 0 Å². The molecule has 0 aromatic carbocycles. The Kier molecular flexibility index (Phi) is 6.01. The highest BCUT2D eigenvalue weighted by molar-refractivity contribution is 5.75. The summed E-state index contributed by atoms with van der Waals surface area (Å²) in [7, 11) is 1.66. The molecule has 1 aliphatic carbocycles. The number of hydrogen-bond donors (Lipinski definition) is 3. The summed E-state index contributed by atoms with van der Waals surface area (Å²) in [5, 5.41) is 14.6. The van der Waals surface area contributed by atoms with Gasteiger partial charge in [0.1, 0.15) is 0 Å². The number of carbonyl (C=O) groups excluding carboxylic acids is 1. The minimum Gasteiger partial charge on any atom is -0.481 e. The fourth-order valence-corrected chi connectivity index (χ4v) is 2.53. The molecule has 0 aliphatic heterocycles. The minimum absolute atomic E-state index is 0.0900. The van der Waals surface area contributed by atoms with E-state index in [0.29, 0.717) is 13.0 Å². The van der Waals surface area contributed by atoms with Crippen LogP contribution < -0.4 is 10.6 Å². The Morgan fingerprint density at radius 2 is 1.90 bits per heavy atom. The van der Waals surface area contributed by atoms with Gasteiger partial charge in [-0.3, -0.25) is 4.79 Å². The molecule has 1 saturated carbocycles. The molecule has 3 N–H and O–H groups in total. The Morgan fingerprint density at radius 3 is 2.29 bits per heavy atom. The van der Waals surface area contributed by atoms with Crippen LogP contribution in [0.15, 0.2) is 0 Å². The molecule has 1 rings (SSSR count). The van der Waals surface area contributed by atoms with Gasteiger partial charge in [-0.05, 0) is 31.1 Å². The van der Waals surface area contributed by atoms with Crippen molar-refractivity contribution in [3.63, 3.8) is 0 Å². The maximum absolute atomic E-state index is 11.8. The zero-order valence-corrected chi connectivity index (χ0v) is 13.5. The molecule has 0 bridgehead atoms. The second kappa shape index (κ2) is 7.11. The summed E-state index contributed by atoms with van der Waals surface area (Å²) in [5.74, 6) is -1.45. The van der Waals surface area contributed by atoms with Crippen molar-refractivity contribution in [2.24, 2.45) is 11.3 Å². The quantitative estimate of drug-likeness (QED) is 0.671. The van der Waals surface area contributed by atoms with Crippen LogP contribution >= 0.6 is 0 Å². The van der Waals surface area contributed by atoms with E-state index in [0.717, 1.165) is 19.3 Å². The molecule has 0 aromatic rings. The van der Waals surface area contributed by atoms with E-state index in [1.807, 2.05) is 20.8 Å². The van der Waals surface area contributed by atoms with Gasteiger partial charge in [-0.15, -0.1) is 0 Å². The lowest BCUT2D eigenvalue weighted by Crippen LogP contribution is -2.52. The number of carbonyl (C=O) groups is 2. The molecule has 0 spiro atoms. The first-order valence-corrected chi connectivity index (χ1v) is 7.47. The second-order valence-corrected chi connectivity index (χ2v) is 7.10. The average molecular weight is 300 g/mol. The summed E-state index contributed by atoms with van der Waals surface area (Å²) in [5.41, 5.74) is -0.317. The molecular formula is C15H28N2O4. The van der Waals surface area contributed by atoms with Crippen LogP contribution in [0.5, 0.6) is 0 Å². The van der Waals surface area contributed by atoms with Gasteiger partial charge in [-0.25, -0.2) is 4.79 Å². The molecule has 1 unspecified atom stereocenters. The molecule has 6 heteroatoms. The van der Waals surface area contributed by atoms with Crippen LogP contribution in [0, 0.1) is 11.3 Å². The summed E-state index contributed by atoms with van der Waals surface area (Å²) in [6.07, 6.45) is 3.53. The molecule has 21 heavy (non-hydrogen) atoms. The summed E-state index contributed by atoms with van der Waals surface area (Å²) in [6.45, 7) is 6.57. The maximum Gasteiger partial charge on any atom is 0.314 e. The monoisotopic (exact) mass is 300 g/mol. The predicted octanol–water partition coefficient (Wildman–Crippen LogP) is 1.99. The standard InChI is InChI=1S/C15H28N2O4/c1-14(2,3)8-11(12(18)19)9-16-13(20)17-10-15(21-4)6-5-7-15/h11H,5-10H2,1-4H3,(H,18,19)(H2,16,17,20). The van der Waals surface area contributed by atoms with E-state index in [1.165, 1.54) is 0 Å². The van der Waals surface area contributed by atoms with Crippen LogP contribution in [0.2, 0.25) is 0 Å². The molecule has 6 nitrogen and oxygen atoms in total. The fourth-order valence-electron chi connectivity index (χ4n) is 2.53. The number of aliphatic carboxylic acids is 1. The number of amides is 2. The van der Waals surface area contributed by atoms with Crippen LogP contribution in [0.4, 0.5) is 4.79 Å². The van der Waals surface area contributed by atoms with Crippen molar-refractivity contribution >= 4 is 12.0 Å². The van der Waals surface area contributed by atoms with E-state index in [1.54, 1.807) is 7.11 Å². The molecule has 1 atom stereocenters. The van der Waals surface area contributed by atoms with E-state index in [9.17, 15) is 14.7 Å². The first-order chi connectivity index (χ1) is 9.67. The van der Waals surface area contributed by atoms with Crippen LogP contribution in [0.3, 0.4) is 0 Å². The molecule has 122 valence electrons. The average Bonchev–Trinajstić information content (AvgIpc) is 2.32. The Morgan fingerprint density at radius 1 is 1.29 bits per heavy atom. The van der Waals surface area contributed by atoms with Crippen molar-refractivity contribution in [2.45, 2.75) is 52.1 Å². The van der Waals surface area contributed by atoms with Crippen molar-refractivity contribution < 1.29 is 19.4 Å². The third kappa shape index (κ3) is 5.91. The molecular weight excluding hydrogens is 272 g/mol. The number of ether oxygens (including phenoxy) is 1. The summed E-state index contributed by atoms with van der Waals surface area (Å²) < 4.78 is 5.42. The van der Waals surface area contributed by atoms with E-state index in [2.05, 4.69) is 10.6 Å². The van der Waals surface area contributed by atoms with Crippen molar-refractivity contribution in [3.05, 3.63) is 0 Å². The van der Waals surface area contributed by atoms with E-state index in [4.69, 9.17) is 4.74 Å². The van der Waals surface area contributed by atoms with Gasteiger partial charge in [0.25, 0.3) is 0 Å². The number of carboxylic acids is 1. The highest BCUT2D eigenvalue weighted by Crippen LogP contribution is 2.34. The van der Waals surface area contributed by atoms with E-state index in [-0.39, 0.29) is 23.6 Å². The molecule has 1 fully saturated rings. The first kappa shape index (κ1) is 17.8.